The molecule has 144 valence electrons. The van der Waals surface area contributed by atoms with Gasteiger partial charge < -0.3 is 14.5 Å². The Labute approximate surface area is 160 Å². The van der Waals surface area contributed by atoms with Crippen LogP contribution in [0.4, 0.5) is 11.8 Å². The molecule has 2 aromatic rings. The van der Waals surface area contributed by atoms with Gasteiger partial charge in [0, 0.05) is 31.7 Å². The van der Waals surface area contributed by atoms with Gasteiger partial charge in [-0.3, -0.25) is 9.78 Å². The van der Waals surface area contributed by atoms with Crippen molar-refractivity contribution < 1.29 is 4.74 Å². The summed E-state index contributed by atoms with van der Waals surface area (Å²) in [7, 11) is 0. The summed E-state index contributed by atoms with van der Waals surface area (Å²) in [4.78, 5) is 24.7. The molecule has 2 aliphatic rings. The predicted octanol–water partition coefficient (Wildman–Crippen LogP) is 2.60. The average molecular weight is 368 g/mol. The molecule has 1 aromatic carbocycles. The molecule has 6 nitrogen and oxygen atoms in total. The number of benzene rings is 1. The molecular weight excluding hydrogens is 340 g/mol. The third kappa shape index (κ3) is 4.50. The zero-order chi connectivity index (χ0) is 18.5. The van der Waals surface area contributed by atoms with Gasteiger partial charge in [-0.05, 0) is 24.8 Å². The maximum absolute atomic E-state index is 12.4. The molecule has 4 rings (SSSR count). The van der Waals surface area contributed by atoms with Gasteiger partial charge in [0.05, 0.1) is 13.2 Å². The first-order valence-electron chi connectivity index (χ1n) is 10.0. The molecule has 1 N–H and O–H groups in total. The van der Waals surface area contributed by atoms with E-state index < -0.39 is 0 Å². The minimum Gasteiger partial charge on any atom is -0.378 e. The summed E-state index contributed by atoms with van der Waals surface area (Å²) >= 11 is 0. The van der Waals surface area contributed by atoms with Crippen molar-refractivity contribution in [3.05, 3.63) is 52.3 Å². The molecule has 0 radical (unpaired) electrons. The zero-order valence-electron chi connectivity index (χ0n) is 15.8. The van der Waals surface area contributed by atoms with E-state index in [0.29, 0.717) is 25.2 Å². The second kappa shape index (κ2) is 8.57. The molecular formula is C21H28N4O2. The van der Waals surface area contributed by atoms with Crippen LogP contribution < -0.4 is 15.4 Å². The SMILES string of the molecule is O=c1cc(N2CCOCC2)nc(N2CCCCC[C@@H]2Cc2ccccc2)[nH]1. The van der Waals surface area contributed by atoms with Crippen LogP contribution in [0.3, 0.4) is 0 Å². The maximum Gasteiger partial charge on any atom is 0.254 e. The molecule has 0 saturated carbocycles. The lowest BCUT2D eigenvalue weighted by atomic mass is 10.0. The summed E-state index contributed by atoms with van der Waals surface area (Å²) < 4.78 is 5.43. The third-order valence-corrected chi connectivity index (χ3v) is 5.51. The number of rotatable bonds is 4. The summed E-state index contributed by atoms with van der Waals surface area (Å²) in [5, 5.41) is 0. The van der Waals surface area contributed by atoms with Gasteiger partial charge in [0.1, 0.15) is 5.82 Å². The van der Waals surface area contributed by atoms with E-state index in [1.54, 1.807) is 6.07 Å². The third-order valence-electron chi connectivity index (χ3n) is 5.51. The number of hydrogen-bond donors (Lipinski definition) is 1. The zero-order valence-corrected chi connectivity index (χ0v) is 15.8. The van der Waals surface area contributed by atoms with Gasteiger partial charge in [-0.1, -0.05) is 43.2 Å². The fourth-order valence-corrected chi connectivity index (χ4v) is 4.08. The fraction of sp³-hybridized carbons (Fsp3) is 0.524. The molecule has 0 aliphatic carbocycles. The van der Waals surface area contributed by atoms with Crippen molar-refractivity contribution >= 4 is 11.8 Å². The topological polar surface area (TPSA) is 61.5 Å². The lowest BCUT2D eigenvalue weighted by Gasteiger charge is -2.32. The van der Waals surface area contributed by atoms with Gasteiger partial charge in [-0.2, -0.15) is 4.98 Å². The van der Waals surface area contributed by atoms with Crippen molar-refractivity contribution in [2.24, 2.45) is 0 Å². The van der Waals surface area contributed by atoms with E-state index in [1.165, 1.54) is 18.4 Å². The van der Waals surface area contributed by atoms with Gasteiger partial charge in [0.25, 0.3) is 5.56 Å². The Hall–Kier alpha value is -2.34. The van der Waals surface area contributed by atoms with Crippen LogP contribution in [0.2, 0.25) is 0 Å². The van der Waals surface area contributed by atoms with Crippen molar-refractivity contribution in [1.82, 2.24) is 9.97 Å². The van der Waals surface area contributed by atoms with E-state index in [-0.39, 0.29) is 5.56 Å². The Morgan fingerprint density at radius 1 is 1.07 bits per heavy atom. The molecule has 2 fully saturated rings. The Morgan fingerprint density at radius 2 is 1.89 bits per heavy atom. The Morgan fingerprint density at radius 3 is 2.70 bits per heavy atom. The predicted molar refractivity (Wildman–Crippen MR) is 108 cm³/mol. The summed E-state index contributed by atoms with van der Waals surface area (Å²) in [5.41, 5.74) is 1.25. The van der Waals surface area contributed by atoms with Crippen molar-refractivity contribution in [1.29, 1.82) is 0 Å². The van der Waals surface area contributed by atoms with Crippen molar-refractivity contribution in [2.75, 3.05) is 42.6 Å². The van der Waals surface area contributed by atoms with E-state index >= 15 is 0 Å². The number of hydrogen-bond acceptors (Lipinski definition) is 5. The monoisotopic (exact) mass is 368 g/mol. The van der Waals surface area contributed by atoms with Crippen LogP contribution in [0, 0.1) is 0 Å². The van der Waals surface area contributed by atoms with E-state index in [2.05, 4.69) is 45.1 Å². The van der Waals surface area contributed by atoms with Crippen LogP contribution in [0.5, 0.6) is 0 Å². The number of anilines is 2. The molecule has 3 heterocycles. The standard InChI is InChI=1S/C21H28N4O2/c26-20-16-19(24-11-13-27-14-12-24)22-21(23-20)25-10-6-2-5-9-18(25)15-17-7-3-1-4-8-17/h1,3-4,7-8,16,18H,2,5-6,9-15H2,(H,22,23,26)/t18-/m1/s1. The Bertz CT molecular complexity index is 786. The number of nitrogens with zero attached hydrogens (tertiary/aromatic N) is 3. The average Bonchev–Trinajstić information content (AvgIpc) is 2.94. The van der Waals surface area contributed by atoms with Crippen LogP contribution >= 0.6 is 0 Å². The maximum atomic E-state index is 12.4. The van der Waals surface area contributed by atoms with Gasteiger partial charge in [0.15, 0.2) is 0 Å². The lowest BCUT2D eigenvalue weighted by Crippen LogP contribution is -2.41. The highest BCUT2D eigenvalue weighted by molar-refractivity contribution is 5.45. The van der Waals surface area contributed by atoms with E-state index in [0.717, 1.165) is 44.7 Å². The van der Waals surface area contributed by atoms with E-state index in [1.807, 2.05) is 0 Å². The first-order valence-corrected chi connectivity index (χ1v) is 10.0. The summed E-state index contributed by atoms with van der Waals surface area (Å²) in [5.74, 6) is 1.48. The second-order valence-corrected chi connectivity index (χ2v) is 7.41. The molecule has 0 unspecified atom stereocenters. The summed E-state index contributed by atoms with van der Waals surface area (Å²) in [6.07, 6.45) is 5.69. The molecule has 27 heavy (non-hydrogen) atoms. The summed E-state index contributed by atoms with van der Waals surface area (Å²) in [6, 6.07) is 12.6. The smallest absolute Gasteiger partial charge is 0.254 e. The molecule has 2 aliphatic heterocycles. The van der Waals surface area contributed by atoms with Crippen LogP contribution in [0.25, 0.3) is 0 Å². The second-order valence-electron chi connectivity index (χ2n) is 7.41. The first-order chi connectivity index (χ1) is 13.3. The number of H-pyrrole nitrogens is 1. The van der Waals surface area contributed by atoms with Gasteiger partial charge >= 0.3 is 0 Å². The minimum absolute atomic E-state index is 0.0794. The van der Waals surface area contributed by atoms with Crippen molar-refractivity contribution in [2.45, 2.75) is 38.1 Å². The van der Waals surface area contributed by atoms with Gasteiger partial charge in [-0.25, -0.2) is 0 Å². The Balaban J connectivity index is 1.61. The molecule has 0 bridgehead atoms. The number of aromatic nitrogens is 2. The van der Waals surface area contributed by atoms with Crippen LogP contribution in [-0.4, -0.2) is 48.9 Å². The normalized spacial score (nSPS) is 21.1. The Kier molecular flexibility index (Phi) is 5.72. The molecule has 1 atom stereocenters. The lowest BCUT2D eigenvalue weighted by molar-refractivity contribution is 0.122. The van der Waals surface area contributed by atoms with Crippen LogP contribution in [-0.2, 0) is 11.2 Å². The van der Waals surface area contributed by atoms with E-state index in [4.69, 9.17) is 9.72 Å². The molecule has 0 amide bonds. The van der Waals surface area contributed by atoms with Gasteiger partial charge in [0.2, 0.25) is 5.95 Å². The fourth-order valence-electron chi connectivity index (χ4n) is 4.08. The highest BCUT2D eigenvalue weighted by atomic mass is 16.5. The largest absolute Gasteiger partial charge is 0.378 e. The van der Waals surface area contributed by atoms with E-state index in [9.17, 15) is 4.79 Å². The first kappa shape index (κ1) is 18.0. The highest BCUT2D eigenvalue weighted by Gasteiger charge is 2.24. The number of aromatic amines is 1. The molecule has 1 aromatic heterocycles. The molecule has 6 heteroatoms. The van der Waals surface area contributed by atoms with Crippen molar-refractivity contribution in [3.63, 3.8) is 0 Å². The molecule has 0 spiro atoms. The molecule has 2 saturated heterocycles. The minimum atomic E-state index is -0.0794. The summed E-state index contributed by atoms with van der Waals surface area (Å²) in [6.45, 7) is 3.87. The van der Waals surface area contributed by atoms with Crippen LogP contribution in [0.1, 0.15) is 31.2 Å². The number of morpholine rings is 1. The quantitative estimate of drug-likeness (QED) is 0.899. The van der Waals surface area contributed by atoms with Crippen LogP contribution in [0.15, 0.2) is 41.2 Å². The number of ether oxygens (including phenoxy) is 1. The number of nitrogens with one attached hydrogen (secondary N) is 1. The van der Waals surface area contributed by atoms with Crippen molar-refractivity contribution in [3.8, 4) is 0 Å². The van der Waals surface area contributed by atoms with Gasteiger partial charge in [-0.15, -0.1) is 0 Å². The highest BCUT2D eigenvalue weighted by Crippen LogP contribution is 2.25.